The van der Waals surface area contributed by atoms with Crippen LogP contribution in [0.5, 0.6) is 0 Å². The molecule has 0 spiro atoms. The summed E-state index contributed by atoms with van der Waals surface area (Å²) < 4.78 is 1.58. The molecule has 166 valence electrons. The lowest BCUT2D eigenvalue weighted by Crippen LogP contribution is -2.31. The van der Waals surface area contributed by atoms with E-state index in [9.17, 15) is 9.90 Å². The summed E-state index contributed by atoms with van der Waals surface area (Å²) in [7, 11) is 0. The lowest BCUT2D eigenvalue weighted by atomic mass is 10.0. The van der Waals surface area contributed by atoms with Gasteiger partial charge in [-0.25, -0.2) is 9.78 Å². The molecule has 1 aromatic carbocycles. The van der Waals surface area contributed by atoms with E-state index in [4.69, 9.17) is 0 Å². The predicted octanol–water partition coefficient (Wildman–Crippen LogP) is 5.02. The number of carbonyl (C=O) groups is 1. The van der Waals surface area contributed by atoms with E-state index in [0.29, 0.717) is 23.4 Å². The minimum Gasteiger partial charge on any atom is -0.382 e. The van der Waals surface area contributed by atoms with Crippen LogP contribution in [0.3, 0.4) is 0 Å². The van der Waals surface area contributed by atoms with Crippen molar-refractivity contribution in [1.82, 2.24) is 24.8 Å². The van der Waals surface area contributed by atoms with Crippen molar-refractivity contribution < 1.29 is 9.90 Å². The molecule has 5 aromatic rings. The van der Waals surface area contributed by atoms with Crippen molar-refractivity contribution >= 4 is 28.0 Å². The highest BCUT2D eigenvalue weighted by atomic mass is 16.3. The lowest BCUT2D eigenvalue weighted by Gasteiger charge is -2.15. The van der Waals surface area contributed by atoms with Gasteiger partial charge >= 0.3 is 6.03 Å². The molecular weight excluding hydrogens is 414 g/mol. The van der Waals surface area contributed by atoms with Crippen LogP contribution < -0.4 is 5.32 Å². The summed E-state index contributed by atoms with van der Waals surface area (Å²) in [4.78, 5) is 25.0. The number of carbonyl (C=O) groups excluding carboxylic acids is 1. The Balaban J connectivity index is 1.59. The van der Waals surface area contributed by atoms with Crippen LogP contribution in [0.1, 0.15) is 37.1 Å². The normalized spacial score (nSPS) is 12.3. The third-order valence-corrected chi connectivity index (χ3v) is 5.88. The van der Waals surface area contributed by atoms with Gasteiger partial charge in [-0.1, -0.05) is 37.6 Å². The number of aromatic amines is 1. The van der Waals surface area contributed by atoms with Gasteiger partial charge in [0.25, 0.3) is 0 Å². The second kappa shape index (κ2) is 8.88. The maximum absolute atomic E-state index is 13.1. The molecule has 0 saturated carbocycles. The average Bonchev–Trinajstić information content (AvgIpc) is 3.45. The summed E-state index contributed by atoms with van der Waals surface area (Å²) in [5, 5.41) is 16.1. The van der Waals surface area contributed by atoms with E-state index in [1.54, 1.807) is 29.4 Å². The molecule has 4 heterocycles. The molecule has 0 aliphatic rings. The van der Waals surface area contributed by atoms with Gasteiger partial charge in [0.05, 0.1) is 11.2 Å². The molecule has 7 heteroatoms. The second-order valence-corrected chi connectivity index (χ2v) is 8.06. The van der Waals surface area contributed by atoms with Gasteiger partial charge in [-0.05, 0) is 30.7 Å². The summed E-state index contributed by atoms with van der Waals surface area (Å²) in [6.07, 6.45) is 7.91. The van der Waals surface area contributed by atoms with E-state index >= 15 is 0 Å². The fraction of sp³-hybridized carbons (Fsp3) is 0.192. The maximum Gasteiger partial charge on any atom is 0.326 e. The lowest BCUT2D eigenvalue weighted by molar-refractivity contribution is 0.208. The topological polar surface area (TPSA) is 95.8 Å². The number of aliphatic hydroxyl groups is 1. The summed E-state index contributed by atoms with van der Waals surface area (Å²) in [5.74, 6) is 0. The highest BCUT2D eigenvalue weighted by molar-refractivity contribution is 5.94. The van der Waals surface area contributed by atoms with E-state index in [0.717, 1.165) is 40.3 Å². The Morgan fingerprint density at radius 3 is 2.85 bits per heavy atom. The van der Waals surface area contributed by atoms with Crippen LogP contribution >= 0.6 is 0 Å². The van der Waals surface area contributed by atoms with Crippen LogP contribution in [0, 0.1) is 0 Å². The zero-order chi connectivity index (χ0) is 22.8. The number of benzene rings is 1. The van der Waals surface area contributed by atoms with Crippen LogP contribution in [0.25, 0.3) is 33.1 Å². The number of unbranched alkanes of at least 4 members (excludes halogenated alkanes) is 1. The van der Waals surface area contributed by atoms with Crippen molar-refractivity contribution in [3.05, 3.63) is 84.6 Å². The van der Waals surface area contributed by atoms with Crippen molar-refractivity contribution in [2.75, 3.05) is 6.54 Å². The van der Waals surface area contributed by atoms with Crippen LogP contribution in [0.4, 0.5) is 4.79 Å². The molecule has 0 aliphatic heterocycles. The number of amides is 1. The Bertz CT molecular complexity index is 1420. The quantitative estimate of drug-likeness (QED) is 0.324. The molecule has 7 nitrogen and oxygen atoms in total. The first kappa shape index (κ1) is 20.9. The number of hydrogen-bond donors (Lipinski definition) is 3. The molecule has 5 rings (SSSR count). The number of nitrogens with one attached hydrogen (secondary N) is 2. The molecule has 33 heavy (non-hydrogen) atoms. The van der Waals surface area contributed by atoms with Crippen LogP contribution in [0.2, 0.25) is 0 Å². The van der Waals surface area contributed by atoms with Crippen molar-refractivity contribution in [2.24, 2.45) is 0 Å². The largest absolute Gasteiger partial charge is 0.382 e. The van der Waals surface area contributed by atoms with Crippen LogP contribution in [-0.2, 0) is 0 Å². The molecular formula is C26H25N5O2. The molecule has 0 radical (unpaired) electrons. The molecule has 1 amide bonds. The monoisotopic (exact) mass is 439 g/mol. The Kier molecular flexibility index (Phi) is 5.62. The van der Waals surface area contributed by atoms with E-state index in [2.05, 4.69) is 27.2 Å². The Morgan fingerprint density at radius 2 is 2.03 bits per heavy atom. The van der Waals surface area contributed by atoms with Gasteiger partial charge in [0.1, 0.15) is 11.8 Å². The predicted molar refractivity (Wildman–Crippen MR) is 129 cm³/mol. The number of rotatable bonds is 6. The Morgan fingerprint density at radius 1 is 1.15 bits per heavy atom. The van der Waals surface area contributed by atoms with Gasteiger partial charge < -0.3 is 15.4 Å². The second-order valence-electron chi connectivity index (χ2n) is 8.06. The molecule has 1 atom stereocenters. The van der Waals surface area contributed by atoms with Gasteiger partial charge in [0.15, 0.2) is 0 Å². The fourth-order valence-corrected chi connectivity index (χ4v) is 4.16. The number of hydrogen-bond acceptors (Lipinski definition) is 4. The van der Waals surface area contributed by atoms with Crippen molar-refractivity contribution in [1.29, 1.82) is 0 Å². The summed E-state index contributed by atoms with van der Waals surface area (Å²) >= 11 is 0. The van der Waals surface area contributed by atoms with Crippen molar-refractivity contribution in [3.63, 3.8) is 0 Å². The van der Waals surface area contributed by atoms with Crippen LogP contribution in [-0.4, -0.2) is 37.2 Å². The number of pyridine rings is 2. The Hall–Kier alpha value is -3.97. The van der Waals surface area contributed by atoms with E-state index in [-0.39, 0.29) is 6.03 Å². The van der Waals surface area contributed by atoms with Crippen LogP contribution in [0.15, 0.2) is 73.3 Å². The SMILES string of the molecule is CCCCNC(=O)n1c(C(O)c2c[nH]c3ncc(-c4cccnc4)cc23)cc2ccccc21. The van der Waals surface area contributed by atoms with E-state index < -0.39 is 6.10 Å². The minimum atomic E-state index is -1.02. The number of aliphatic hydroxyl groups excluding tert-OH is 1. The van der Waals surface area contributed by atoms with Gasteiger partial charge in [0, 0.05) is 58.8 Å². The molecule has 0 saturated heterocycles. The zero-order valence-corrected chi connectivity index (χ0v) is 18.3. The van der Waals surface area contributed by atoms with Gasteiger partial charge in [-0.2, -0.15) is 0 Å². The summed E-state index contributed by atoms with van der Waals surface area (Å²) in [5.41, 5.74) is 4.45. The molecule has 1 unspecified atom stereocenters. The molecule has 4 aromatic heterocycles. The smallest absolute Gasteiger partial charge is 0.326 e. The highest BCUT2D eigenvalue weighted by Crippen LogP contribution is 2.33. The molecule has 0 aliphatic carbocycles. The maximum atomic E-state index is 13.1. The van der Waals surface area contributed by atoms with Crippen molar-refractivity contribution in [3.8, 4) is 11.1 Å². The third kappa shape index (κ3) is 3.87. The number of H-pyrrole nitrogens is 1. The van der Waals surface area contributed by atoms with E-state index in [1.165, 1.54) is 0 Å². The standard InChI is InChI=1S/C26H25N5O2/c1-2-3-11-28-26(33)31-22-9-5-4-7-17(22)13-23(31)24(32)21-16-30-25-20(21)12-19(15-29-25)18-8-6-10-27-14-18/h4-10,12-16,24,32H,2-3,11H2,1H3,(H,28,33)(H,29,30). The first-order valence-corrected chi connectivity index (χ1v) is 11.1. The highest BCUT2D eigenvalue weighted by Gasteiger charge is 2.24. The first-order valence-electron chi connectivity index (χ1n) is 11.1. The van der Waals surface area contributed by atoms with Crippen molar-refractivity contribution in [2.45, 2.75) is 25.9 Å². The fourth-order valence-electron chi connectivity index (χ4n) is 4.16. The molecule has 0 bridgehead atoms. The van der Waals surface area contributed by atoms with Gasteiger partial charge in [-0.15, -0.1) is 0 Å². The molecule has 3 N–H and O–H groups in total. The average molecular weight is 440 g/mol. The summed E-state index contributed by atoms with van der Waals surface area (Å²) in [6, 6.07) is 15.1. The number of nitrogens with zero attached hydrogens (tertiary/aromatic N) is 3. The van der Waals surface area contributed by atoms with Gasteiger partial charge in [0.2, 0.25) is 0 Å². The summed E-state index contributed by atoms with van der Waals surface area (Å²) in [6.45, 7) is 2.67. The van der Waals surface area contributed by atoms with Gasteiger partial charge in [-0.3, -0.25) is 9.55 Å². The van der Waals surface area contributed by atoms with E-state index in [1.807, 2.05) is 48.5 Å². The first-order chi connectivity index (χ1) is 16.2. The third-order valence-electron chi connectivity index (χ3n) is 5.88. The number of aromatic nitrogens is 4. The zero-order valence-electron chi connectivity index (χ0n) is 18.3. The minimum absolute atomic E-state index is 0.243. The number of fused-ring (bicyclic) bond motifs is 2. The molecule has 0 fully saturated rings. The Labute approximate surface area is 191 Å². The number of para-hydroxylation sites is 1.